The smallest absolute Gasteiger partial charge is 0.274 e. The lowest BCUT2D eigenvalue weighted by molar-refractivity contribution is 0.0952. The number of carbonyl (C=O) groups excluding carboxylic acids is 2. The minimum atomic E-state index is -0.460. The highest BCUT2D eigenvalue weighted by Gasteiger charge is 2.12. The first-order valence-corrected chi connectivity index (χ1v) is 7.77. The van der Waals surface area contributed by atoms with Crippen molar-refractivity contribution in [2.45, 2.75) is 20.3 Å². The van der Waals surface area contributed by atoms with Crippen molar-refractivity contribution in [1.82, 2.24) is 10.3 Å². The van der Waals surface area contributed by atoms with Crippen molar-refractivity contribution in [3.63, 3.8) is 0 Å². The number of rotatable bonds is 6. The van der Waals surface area contributed by atoms with Crippen molar-refractivity contribution in [3.8, 4) is 0 Å². The van der Waals surface area contributed by atoms with Crippen LogP contribution in [0.15, 0.2) is 42.6 Å². The highest BCUT2D eigenvalue weighted by molar-refractivity contribution is 6.04. The van der Waals surface area contributed by atoms with Gasteiger partial charge in [0.15, 0.2) is 0 Å². The third-order valence-corrected chi connectivity index (χ3v) is 3.36. The summed E-state index contributed by atoms with van der Waals surface area (Å²) in [5.41, 5.74) is 0.948. The maximum absolute atomic E-state index is 12.9. The van der Waals surface area contributed by atoms with E-state index in [-0.39, 0.29) is 17.4 Å². The molecule has 0 unspecified atom stereocenters. The van der Waals surface area contributed by atoms with Gasteiger partial charge in [0.1, 0.15) is 11.5 Å². The standard InChI is InChI=1S/C18H20FN3O2/c1-12(2)7-9-21-17(23)13-8-10-20-16(11-13)18(24)22-15-5-3-14(19)4-6-15/h3-6,8,10-12H,7,9H2,1-2H3,(H,21,23)(H,22,24). The van der Waals surface area contributed by atoms with Crippen LogP contribution in [0, 0.1) is 11.7 Å². The Balaban J connectivity index is 2.02. The molecule has 0 bridgehead atoms. The third-order valence-electron chi connectivity index (χ3n) is 3.36. The second-order valence-corrected chi connectivity index (χ2v) is 5.83. The number of hydrogen-bond donors (Lipinski definition) is 2. The quantitative estimate of drug-likeness (QED) is 0.854. The number of aromatic nitrogens is 1. The molecular weight excluding hydrogens is 309 g/mol. The molecule has 2 amide bonds. The zero-order valence-corrected chi connectivity index (χ0v) is 13.7. The van der Waals surface area contributed by atoms with Gasteiger partial charge >= 0.3 is 0 Å². The zero-order chi connectivity index (χ0) is 17.5. The topological polar surface area (TPSA) is 71.1 Å². The van der Waals surface area contributed by atoms with Gasteiger partial charge in [-0.05, 0) is 48.7 Å². The van der Waals surface area contributed by atoms with Gasteiger partial charge in [0.05, 0.1) is 0 Å². The zero-order valence-electron chi connectivity index (χ0n) is 13.7. The van der Waals surface area contributed by atoms with Crippen molar-refractivity contribution in [2.75, 3.05) is 11.9 Å². The maximum atomic E-state index is 12.9. The predicted molar refractivity (Wildman–Crippen MR) is 90.4 cm³/mol. The predicted octanol–water partition coefficient (Wildman–Crippen LogP) is 3.25. The number of carbonyl (C=O) groups is 2. The van der Waals surface area contributed by atoms with Crippen molar-refractivity contribution >= 4 is 17.5 Å². The molecular formula is C18H20FN3O2. The number of anilines is 1. The Kier molecular flexibility index (Phi) is 6.01. The van der Waals surface area contributed by atoms with E-state index in [1.54, 1.807) is 6.07 Å². The van der Waals surface area contributed by atoms with Crippen molar-refractivity contribution in [1.29, 1.82) is 0 Å². The largest absolute Gasteiger partial charge is 0.352 e. The fourth-order valence-electron chi connectivity index (χ4n) is 2.00. The van der Waals surface area contributed by atoms with Crippen LogP contribution in [0.4, 0.5) is 10.1 Å². The molecule has 0 aliphatic carbocycles. The first-order chi connectivity index (χ1) is 11.5. The van der Waals surface area contributed by atoms with Crippen LogP contribution in [-0.2, 0) is 0 Å². The Morgan fingerprint density at radius 1 is 1.12 bits per heavy atom. The fraction of sp³-hybridized carbons (Fsp3) is 0.278. The molecule has 0 spiro atoms. The van der Waals surface area contributed by atoms with E-state index in [0.717, 1.165) is 6.42 Å². The summed E-state index contributed by atoms with van der Waals surface area (Å²) in [6.07, 6.45) is 2.30. The van der Waals surface area contributed by atoms with Gasteiger partial charge in [-0.3, -0.25) is 14.6 Å². The Morgan fingerprint density at radius 3 is 2.50 bits per heavy atom. The summed E-state index contributed by atoms with van der Waals surface area (Å²) >= 11 is 0. The van der Waals surface area contributed by atoms with E-state index >= 15 is 0 Å². The van der Waals surface area contributed by atoms with Gasteiger partial charge in [0, 0.05) is 24.0 Å². The van der Waals surface area contributed by atoms with E-state index in [0.29, 0.717) is 23.7 Å². The number of nitrogens with zero attached hydrogens (tertiary/aromatic N) is 1. The van der Waals surface area contributed by atoms with E-state index in [1.165, 1.54) is 36.5 Å². The van der Waals surface area contributed by atoms with Crippen molar-refractivity contribution in [2.24, 2.45) is 5.92 Å². The SMILES string of the molecule is CC(C)CCNC(=O)c1ccnc(C(=O)Nc2ccc(F)cc2)c1. The number of nitrogens with one attached hydrogen (secondary N) is 2. The normalized spacial score (nSPS) is 10.5. The molecule has 2 rings (SSSR count). The molecule has 1 aromatic heterocycles. The van der Waals surface area contributed by atoms with E-state index in [9.17, 15) is 14.0 Å². The molecule has 0 saturated heterocycles. The first-order valence-electron chi connectivity index (χ1n) is 7.77. The minimum absolute atomic E-state index is 0.121. The van der Waals surface area contributed by atoms with Crippen LogP contribution in [-0.4, -0.2) is 23.3 Å². The molecule has 0 aliphatic heterocycles. The van der Waals surface area contributed by atoms with Gasteiger partial charge < -0.3 is 10.6 Å². The van der Waals surface area contributed by atoms with Crippen LogP contribution in [0.2, 0.25) is 0 Å². The van der Waals surface area contributed by atoms with E-state index in [4.69, 9.17) is 0 Å². The number of amides is 2. The van der Waals surface area contributed by atoms with Gasteiger partial charge in [-0.1, -0.05) is 13.8 Å². The molecule has 2 N–H and O–H groups in total. The second kappa shape index (κ2) is 8.19. The second-order valence-electron chi connectivity index (χ2n) is 5.83. The molecule has 0 fully saturated rings. The monoisotopic (exact) mass is 329 g/mol. The number of halogens is 1. The lowest BCUT2D eigenvalue weighted by Crippen LogP contribution is -2.26. The van der Waals surface area contributed by atoms with E-state index in [1.807, 2.05) is 0 Å². The molecule has 1 heterocycles. The average molecular weight is 329 g/mol. The molecule has 0 saturated carbocycles. The molecule has 126 valence electrons. The van der Waals surface area contributed by atoms with Gasteiger partial charge in [-0.25, -0.2) is 4.39 Å². The van der Waals surface area contributed by atoms with E-state index < -0.39 is 5.91 Å². The summed E-state index contributed by atoms with van der Waals surface area (Å²) in [6, 6.07) is 8.40. The molecule has 0 aliphatic rings. The van der Waals surface area contributed by atoms with Crippen molar-refractivity contribution < 1.29 is 14.0 Å². The maximum Gasteiger partial charge on any atom is 0.274 e. The Hall–Kier alpha value is -2.76. The Bertz CT molecular complexity index is 714. The van der Waals surface area contributed by atoms with Crippen molar-refractivity contribution in [3.05, 3.63) is 59.7 Å². The molecule has 5 nitrogen and oxygen atoms in total. The third kappa shape index (κ3) is 5.15. The molecule has 0 atom stereocenters. The van der Waals surface area contributed by atoms with Crippen LogP contribution in [0.3, 0.4) is 0 Å². The van der Waals surface area contributed by atoms with Gasteiger partial charge in [-0.15, -0.1) is 0 Å². The van der Waals surface area contributed by atoms with Gasteiger partial charge in [0.25, 0.3) is 11.8 Å². The highest BCUT2D eigenvalue weighted by atomic mass is 19.1. The van der Waals surface area contributed by atoms with E-state index in [2.05, 4.69) is 29.5 Å². The summed E-state index contributed by atoms with van der Waals surface area (Å²) < 4.78 is 12.9. The number of benzene rings is 1. The summed E-state index contributed by atoms with van der Waals surface area (Å²) in [4.78, 5) is 28.2. The summed E-state index contributed by atoms with van der Waals surface area (Å²) in [5, 5.41) is 5.42. The molecule has 24 heavy (non-hydrogen) atoms. The summed E-state index contributed by atoms with van der Waals surface area (Å²) in [5.74, 6) is -0.585. The Labute approximate surface area is 140 Å². The van der Waals surface area contributed by atoms with Crippen LogP contribution in [0.1, 0.15) is 41.1 Å². The van der Waals surface area contributed by atoms with Crippen LogP contribution in [0.25, 0.3) is 0 Å². The number of hydrogen-bond acceptors (Lipinski definition) is 3. The van der Waals surface area contributed by atoms with Gasteiger partial charge in [0.2, 0.25) is 0 Å². The molecule has 0 radical (unpaired) electrons. The summed E-state index contributed by atoms with van der Waals surface area (Å²) in [6.45, 7) is 4.74. The highest BCUT2D eigenvalue weighted by Crippen LogP contribution is 2.10. The van der Waals surface area contributed by atoms with Crippen LogP contribution in [0.5, 0.6) is 0 Å². The number of pyridine rings is 1. The fourth-order valence-corrected chi connectivity index (χ4v) is 2.00. The average Bonchev–Trinajstić information content (AvgIpc) is 2.56. The molecule has 6 heteroatoms. The lowest BCUT2D eigenvalue weighted by atomic mass is 10.1. The van der Waals surface area contributed by atoms with Gasteiger partial charge in [-0.2, -0.15) is 0 Å². The summed E-state index contributed by atoms with van der Waals surface area (Å²) in [7, 11) is 0. The van der Waals surface area contributed by atoms with Crippen LogP contribution < -0.4 is 10.6 Å². The Morgan fingerprint density at radius 2 is 1.83 bits per heavy atom. The molecule has 1 aromatic carbocycles. The molecule has 2 aromatic rings. The first kappa shape index (κ1) is 17.6. The minimum Gasteiger partial charge on any atom is -0.352 e. The van der Waals surface area contributed by atoms with Crippen LogP contribution >= 0.6 is 0 Å². The lowest BCUT2D eigenvalue weighted by Gasteiger charge is -2.08.